The van der Waals surface area contributed by atoms with Crippen LogP contribution in [-0.2, 0) is 10.5 Å². The Bertz CT molecular complexity index is 571. The van der Waals surface area contributed by atoms with Crippen molar-refractivity contribution in [2.75, 3.05) is 6.61 Å². The second-order valence-electron chi connectivity index (χ2n) is 3.65. The van der Waals surface area contributed by atoms with Gasteiger partial charge in [-0.05, 0) is 25.5 Å². The number of aryl methyl sites for hydroxylation is 1. The summed E-state index contributed by atoms with van der Waals surface area (Å²) in [5.74, 6) is -0.116. The zero-order valence-corrected chi connectivity index (χ0v) is 11.4. The number of hydrogen-bond acceptors (Lipinski definition) is 7. The van der Waals surface area contributed by atoms with E-state index in [1.165, 1.54) is 11.8 Å². The highest BCUT2D eigenvalue weighted by Gasteiger charge is 2.16. The summed E-state index contributed by atoms with van der Waals surface area (Å²) in [6.07, 6.45) is 1.74. The summed E-state index contributed by atoms with van der Waals surface area (Å²) in [7, 11) is 0. The van der Waals surface area contributed by atoms with Crippen molar-refractivity contribution in [3.05, 3.63) is 35.5 Å². The van der Waals surface area contributed by atoms with Crippen LogP contribution >= 0.6 is 11.8 Å². The predicted molar refractivity (Wildman–Crippen MR) is 68.8 cm³/mol. The largest absolute Gasteiger partial charge is 0.459 e. The number of thioether (sulfide) groups is 1. The molecule has 0 atom stereocenters. The lowest BCUT2D eigenvalue weighted by molar-refractivity contribution is 0.0475. The maximum absolute atomic E-state index is 11.3. The average molecular weight is 279 g/mol. The molecule has 100 valence electrons. The van der Waals surface area contributed by atoms with Crippen LogP contribution in [0.5, 0.6) is 0 Å². The van der Waals surface area contributed by atoms with E-state index in [1.807, 2.05) is 19.1 Å². The SMILES string of the molecule is CCOC(=O)c1nnc(SCc2ncccc2C)o1. The Balaban J connectivity index is 1.97. The minimum Gasteiger partial charge on any atom is -0.459 e. The first-order valence-corrected chi connectivity index (χ1v) is 6.73. The van der Waals surface area contributed by atoms with Crippen LogP contribution in [0.4, 0.5) is 0 Å². The summed E-state index contributed by atoms with van der Waals surface area (Å²) in [5.41, 5.74) is 2.04. The van der Waals surface area contributed by atoms with Crippen LogP contribution in [0.1, 0.15) is 28.9 Å². The summed E-state index contributed by atoms with van der Waals surface area (Å²) in [6, 6.07) is 3.87. The number of pyridine rings is 1. The summed E-state index contributed by atoms with van der Waals surface area (Å²) in [4.78, 5) is 15.6. The smallest absolute Gasteiger partial charge is 0.396 e. The van der Waals surface area contributed by atoms with Crippen molar-refractivity contribution < 1.29 is 13.9 Å². The van der Waals surface area contributed by atoms with E-state index < -0.39 is 5.97 Å². The van der Waals surface area contributed by atoms with Gasteiger partial charge in [0.1, 0.15) is 0 Å². The van der Waals surface area contributed by atoms with Crippen molar-refractivity contribution in [2.45, 2.75) is 24.8 Å². The Hall–Kier alpha value is -1.89. The summed E-state index contributed by atoms with van der Waals surface area (Å²) < 4.78 is 9.96. The van der Waals surface area contributed by atoms with Crippen molar-refractivity contribution >= 4 is 17.7 Å². The predicted octanol–water partition coefficient (Wildman–Crippen LogP) is 2.24. The lowest BCUT2D eigenvalue weighted by Gasteiger charge is -2.00. The molecule has 0 bridgehead atoms. The number of nitrogens with zero attached hydrogens (tertiary/aromatic N) is 3. The van der Waals surface area contributed by atoms with Gasteiger partial charge in [-0.1, -0.05) is 22.9 Å². The molecule has 0 spiro atoms. The minimum atomic E-state index is -0.601. The van der Waals surface area contributed by atoms with Crippen LogP contribution in [0.15, 0.2) is 28.0 Å². The Kier molecular flexibility index (Phi) is 4.51. The average Bonchev–Trinajstić information content (AvgIpc) is 2.87. The van der Waals surface area contributed by atoms with Gasteiger partial charge >= 0.3 is 11.9 Å². The molecule has 2 heterocycles. The molecule has 0 radical (unpaired) electrons. The zero-order valence-electron chi connectivity index (χ0n) is 10.6. The van der Waals surface area contributed by atoms with Gasteiger partial charge in [0.25, 0.3) is 5.22 Å². The molecule has 19 heavy (non-hydrogen) atoms. The van der Waals surface area contributed by atoms with Gasteiger partial charge in [-0.25, -0.2) is 4.79 Å². The molecule has 0 aliphatic heterocycles. The monoisotopic (exact) mass is 279 g/mol. The molecule has 7 heteroatoms. The van der Waals surface area contributed by atoms with Gasteiger partial charge in [0, 0.05) is 11.9 Å². The maximum atomic E-state index is 11.3. The third-order valence-electron chi connectivity index (χ3n) is 2.31. The Labute approximate surface area is 114 Å². The standard InChI is InChI=1S/C12H13N3O3S/c1-3-17-11(16)10-14-15-12(18-10)19-7-9-8(2)5-4-6-13-9/h4-6H,3,7H2,1-2H3. The second kappa shape index (κ2) is 6.33. The van der Waals surface area contributed by atoms with Crippen LogP contribution < -0.4 is 0 Å². The molecule has 0 aliphatic carbocycles. The Morgan fingerprint density at radius 1 is 1.47 bits per heavy atom. The van der Waals surface area contributed by atoms with Crippen LogP contribution in [0, 0.1) is 6.92 Å². The number of carbonyl (C=O) groups excluding carboxylic acids is 1. The fourth-order valence-corrected chi connectivity index (χ4v) is 2.14. The number of rotatable bonds is 5. The van der Waals surface area contributed by atoms with Crippen LogP contribution in [0.3, 0.4) is 0 Å². The van der Waals surface area contributed by atoms with E-state index in [0.29, 0.717) is 11.0 Å². The molecule has 2 aromatic rings. The van der Waals surface area contributed by atoms with Gasteiger partial charge in [0.2, 0.25) is 0 Å². The number of esters is 1. The molecule has 0 saturated carbocycles. The quantitative estimate of drug-likeness (QED) is 0.613. The van der Waals surface area contributed by atoms with E-state index >= 15 is 0 Å². The zero-order chi connectivity index (χ0) is 13.7. The molecular formula is C12H13N3O3S. The van der Waals surface area contributed by atoms with Gasteiger partial charge in [0.15, 0.2) is 0 Å². The van der Waals surface area contributed by atoms with E-state index in [9.17, 15) is 4.79 Å². The maximum Gasteiger partial charge on any atom is 0.396 e. The topological polar surface area (TPSA) is 78.1 Å². The minimum absolute atomic E-state index is 0.123. The molecule has 0 fully saturated rings. The van der Waals surface area contributed by atoms with E-state index in [1.54, 1.807) is 13.1 Å². The highest BCUT2D eigenvalue weighted by atomic mass is 32.2. The van der Waals surface area contributed by atoms with Crippen molar-refractivity contribution in [3.8, 4) is 0 Å². The van der Waals surface area contributed by atoms with Crippen LogP contribution in [0.25, 0.3) is 0 Å². The van der Waals surface area contributed by atoms with E-state index in [-0.39, 0.29) is 12.5 Å². The van der Waals surface area contributed by atoms with Crippen LogP contribution in [0.2, 0.25) is 0 Å². The van der Waals surface area contributed by atoms with Gasteiger partial charge in [-0.2, -0.15) is 0 Å². The molecule has 0 amide bonds. The van der Waals surface area contributed by atoms with Gasteiger partial charge in [-0.15, -0.1) is 5.10 Å². The molecule has 0 unspecified atom stereocenters. The number of carbonyl (C=O) groups is 1. The third kappa shape index (κ3) is 3.54. The van der Waals surface area contributed by atoms with E-state index in [0.717, 1.165) is 11.3 Å². The molecule has 0 saturated heterocycles. The van der Waals surface area contributed by atoms with Crippen LogP contribution in [-0.4, -0.2) is 27.8 Å². The van der Waals surface area contributed by atoms with Gasteiger partial charge in [-0.3, -0.25) is 4.98 Å². The lowest BCUT2D eigenvalue weighted by Crippen LogP contribution is -2.04. The molecule has 2 aromatic heterocycles. The number of ether oxygens (including phenoxy) is 1. The second-order valence-corrected chi connectivity index (χ2v) is 4.58. The third-order valence-corrected chi connectivity index (χ3v) is 3.14. The van der Waals surface area contributed by atoms with Crippen molar-refractivity contribution in [2.24, 2.45) is 0 Å². The summed E-state index contributed by atoms with van der Waals surface area (Å²) in [5, 5.41) is 7.75. The summed E-state index contributed by atoms with van der Waals surface area (Å²) >= 11 is 1.33. The molecule has 0 aromatic carbocycles. The van der Waals surface area contributed by atoms with E-state index in [4.69, 9.17) is 9.15 Å². The fourth-order valence-electron chi connectivity index (χ4n) is 1.34. The molecule has 0 aliphatic rings. The van der Waals surface area contributed by atoms with E-state index in [2.05, 4.69) is 15.2 Å². The Morgan fingerprint density at radius 2 is 2.32 bits per heavy atom. The highest BCUT2D eigenvalue weighted by Crippen LogP contribution is 2.21. The first-order valence-electron chi connectivity index (χ1n) is 5.74. The first-order chi connectivity index (χ1) is 9.20. The highest BCUT2D eigenvalue weighted by molar-refractivity contribution is 7.98. The first kappa shape index (κ1) is 13.5. The summed E-state index contributed by atoms with van der Waals surface area (Å²) in [6.45, 7) is 3.98. The van der Waals surface area contributed by atoms with Crippen molar-refractivity contribution in [3.63, 3.8) is 0 Å². The molecule has 6 nitrogen and oxygen atoms in total. The number of aromatic nitrogens is 3. The molecule has 2 rings (SSSR count). The Morgan fingerprint density at radius 3 is 3.05 bits per heavy atom. The normalized spacial score (nSPS) is 10.4. The van der Waals surface area contributed by atoms with Crippen molar-refractivity contribution in [1.29, 1.82) is 0 Å². The van der Waals surface area contributed by atoms with Gasteiger partial charge < -0.3 is 9.15 Å². The molecule has 0 N–H and O–H groups in total. The lowest BCUT2D eigenvalue weighted by atomic mass is 10.2. The van der Waals surface area contributed by atoms with Gasteiger partial charge in [0.05, 0.1) is 12.3 Å². The molecular weight excluding hydrogens is 266 g/mol. The fraction of sp³-hybridized carbons (Fsp3) is 0.333. The van der Waals surface area contributed by atoms with Crippen molar-refractivity contribution in [1.82, 2.24) is 15.2 Å². The number of hydrogen-bond donors (Lipinski definition) is 0.